The molecule has 1 amide bonds. The summed E-state index contributed by atoms with van der Waals surface area (Å²) in [5, 5.41) is 8.65. The van der Waals surface area contributed by atoms with Crippen LogP contribution in [-0.4, -0.2) is 37.7 Å². The number of aromatic nitrogens is 1. The third-order valence-corrected chi connectivity index (χ3v) is 5.37. The van der Waals surface area contributed by atoms with Crippen molar-refractivity contribution in [2.24, 2.45) is 0 Å². The first-order chi connectivity index (χ1) is 13.0. The van der Waals surface area contributed by atoms with Gasteiger partial charge in [0, 0.05) is 37.0 Å². The molecular formula is C19H18N2O4S2. The van der Waals surface area contributed by atoms with Gasteiger partial charge < -0.3 is 9.52 Å². The Balaban J connectivity index is 1.61. The number of thiocarbonyl (C=S) groups is 1. The van der Waals surface area contributed by atoms with Crippen molar-refractivity contribution in [3.05, 3.63) is 47.3 Å². The van der Waals surface area contributed by atoms with Crippen molar-refractivity contribution in [3.63, 3.8) is 0 Å². The van der Waals surface area contributed by atoms with E-state index in [9.17, 15) is 9.59 Å². The molecule has 3 rings (SSSR count). The van der Waals surface area contributed by atoms with E-state index in [2.05, 4.69) is 4.98 Å². The van der Waals surface area contributed by atoms with Crippen molar-refractivity contribution >= 4 is 46.3 Å². The zero-order chi connectivity index (χ0) is 19.2. The summed E-state index contributed by atoms with van der Waals surface area (Å²) in [6, 6.07) is 7.38. The quantitative estimate of drug-likeness (QED) is 0.403. The van der Waals surface area contributed by atoms with E-state index in [0.29, 0.717) is 33.7 Å². The summed E-state index contributed by atoms with van der Waals surface area (Å²) in [5.41, 5.74) is 0.867. The summed E-state index contributed by atoms with van der Waals surface area (Å²) in [7, 11) is 0. The van der Waals surface area contributed by atoms with Crippen LogP contribution in [0.25, 0.3) is 17.4 Å². The lowest BCUT2D eigenvalue weighted by Gasteiger charge is -2.13. The molecule has 1 aliphatic heterocycles. The summed E-state index contributed by atoms with van der Waals surface area (Å²) < 4.78 is 6.30. The number of carboxylic acids is 1. The van der Waals surface area contributed by atoms with Gasteiger partial charge in [-0.1, -0.05) is 30.4 Å². The Morgan fingerprint density at radius 3 is 2.89 bits per heavy atom. The van der Waals surface area contributed by atoms with E-state index >= 15 is 0 Å². The smallest absolute Gasteiger partial charge is 0.303 e. The first-order valence-corrected chi connectivity index (χ1v) is 9.74. The molecule has 1 saturated heterocycles. The molecule has 0 aliphatic carbocycles. The van der Waals surface area contributed by atoms with Crippen molar-refractivity contribution in [2.45, 2.75) is 25.7 Å². The Labute approximate surface area is 166 Å². The highest BCUT2D eigenvalue weighted by Crippen LogP contribution is 2.33. The van der Waals surface area contributed by atoms with Crippen molar-refractivity contribution in [1.29, 1.82) is 0 Å². The summed E-state index contributed by atoms with van der Waals surface area (Å²) >= 11 is 6.56. The lowest BCUT2D eigenvalue weighted by Crippen LogP contribution is -2.29. The maximum absolute atomic E-state index is 12.6. The Morgan fingerprint density at radius 1 is 1.30 bits per heavy atom. The number of hydrogen-bond acceptors (Lipinski definition) is 6. The van der Waals surface area contributed by atoms with Gasteiger partial charge in [0.25, 0.3) is 5.91 Å². The number of amides is 1. The molecule has 0 spiro atoms. The van der Waals surface area contributed by atoms with E-state index in [1.807, 2.05) is 18.2 Å². The van der Waals surface area contributed by atoms with Gasteiger partial charge >= 0.3 is 5.97 Å². The number of nitrogens with zero attached hydrogens (tertiary/aromatic N) is 2. The Bertz CT molecular complexity index is 877. The van der Waals surface area contributed by atoms with Crippen LogP contribution >= 0.6 is 24.0 Å². The van der Waals surface area contributed by atoms with Crippen LogP contribution in [0.1, 0.15) is 31.4 Å². The van der Waals surface area contributed by atoms with Crippen molar-refractivity contribution in [2.75, 3.05) is 6.54 Å². The van der Waals surface area contributed by atoms with Gasteiger partial charge in [-0.3, -0.25) is 19.5 Å². The molecule has 0 radical (unpaired) electrons. The largest absolute Gasteiger partial charge is 0.481 e. The van der Waals surface area contributed by atoms with Gasteiger partial charge in [0.15, 0.2) is 0 Å². The number of pyridine rings is 1. The number of unbranched alkanes of at least 4 members (excludes halogenated alkanes) is 2. The van der Waals surface area contributed by atoms with Crippen LogP contribution in [0.3, 0.4) is 0 Å². The second kappa shape index (κ2) is 8.96. The first-order valence-electron chi connectivity index (χ1n) is 8.52. The highest BCUT2D eigenvalue weighted by atomic mass is 32.2. The third kappa shape index (κ3) is 5.05. The van der Waals surface area contributed by atoms with Crippen molar-refractivity contribution in [1.82, 2.24) is 9.88 Å². The molecule has 0 unspecified atom stereocenters. The van der Waals surface area contributed by atoms with E-state index in [1.54, 1.807) is 29.4 Å². The first kappa shape index (κ1) is 19.3. The molecule has 1 aliphatic rings. The second-order valence-corrected chi connectivity index (χ2v) is 7.66. The highest BCUT2D eigenvalue weighted by Gasteiger charge is 2.31. The summed E-state index contributed by atoms with van der Waals surface area (Å²) in [4.78, 5) is 29.3. The summed E-state index contributed by atoms with van der Waals surface area (Å²) in [5.74, 6) is 0.328. The molecule has 1 N–H and O–H groups in total. The monoisotopic (exact) mass is 402 g/mol. The van der Waals surface area contributed by atoms with Crippen molar-refractivity contribution < 1.29 is 19.1 Å². The van der Waals surface area contributed by atoms with Gasteiger partial charge in [0.2, 0.25) is 0 Å². The Hall–Kier alpha value is -2.45. The topological polar surface area (TPSA) is 83.6 Å². The Morgan fingerprint density at radius 2 is 2.15 bits per heavy atom. The average Bonchev–Trinajstić information content (AvgIpc) is 3.22. The van der Waals surface area contributed by atoms with E-state index in [0.717, 1.165) is 18.4 Å². The van der Waals surface area contributed by atoms with Crippen LogP contribution in [0, 0.1) is 0 Å². The number of carbonyl (C=O) groups is 2. The number of furan rings is 1. The predicted molar refractivity (Wildman–Crippen MR) is 108 cm³/mol. The number of carboxylic acid groups (broad SMARTS) is 1. The van der Waals surface area contributed by atoms with Gasteiger partial charge in [0.1, 0.15) is 15.8 Å². The molecule has 2 aromatic rings. The fraction of sp³-hybridized carbons (Fsp3) is 0.263. The molecule has 2 aromatic heterocycles. The number of hydrogen-bond donors (Lipinski definition) is 1. The van der Waals surface area contributed by atoms with Crippen LogP contribution in [0.15, 0.2) is 46.0 Å². The van der Waals surface area contributed by atoms with Crippen LogP contribution in [-0.2, 0) is 9.59 Å². The van der Waals surface area contributed by atoms with Crippen LogP contribution in [0.5, 0.6) is 0 Å². The summed E-state index contributed by atoms with van der Waals surface area (Å²) in [6.45, 7) is 0.501. The molecule has 3 heterocycles. The van der Waals surface area contributed by atoms with Crippen LogP contribution < -0.4 is 0 Å². The summed E-state index contributed by atoms with van der Waals surface area (Å²) in [6.07, 6.45) is 7.32. The highest BCUT2D eigenvalue weighted by molar-refractivity contribution is 8.26. The van der Waals surface area contributed by atoms with Crippen LogP contribution in [0.2, 0.25) is 0 Å². The molecular weight excluding hydrogens is 384 g/mol. The standard InChI is InChI=1S/C19H18N2O4S2/c22-17(23)6-2-1-3-10-21-18(24)16(27-19(21)26)11-14-7-8-15(25-14)13-5-4-9-20-12-13/h4-5,7-9,11-12H,1-3,6,10H2,(H,22,23). The zero-order valence-electron chi connectivity index (χ0n) is 14.5. The molecule has 0 atom stereocenters. The van der Waals surface area contributed by atoms with Gasteiger partial charge in [-0.15, -0.1) is 0 Å². The maximum atomic E-state index is 12.6. The second-order valence-electron chi connectivity index (χ2n) is 5.98. The number of rotatable bonds is 8. The predicted octanol–water partition coefficient (Wildman–Crippen LogP) is 4.19. The van der Waals surface area contributed by atoms with Gasteiger partial charge in [-0.05, 0) is 37.1 Å². The SMILES string of the molecule is O=C(O)CCCCCN1C(=O)C(=Cc2ccc(-c3cccnc3)o2)SC1=S. The van der Waals surface area contributed by atoms with Crippen molar-refractivity contribution in [3.8, 4) is 11.3 Å². The third-order valence-electron chi connectivity index (χ3n) is 3.99. The van der Waals surface area contributed by atoms with Gasteiger partial charge in [-0.25, -0.2) is 0 Å². The molecule has 8 heteroatoms. The normalized spacial score (nSPS) is 15.7. The van der Waals surface area contributed by atoms with Crippen LogP contribution in [0.4, 0.5) is 0 Å². The Kier molecular flexibility index (Phi) is 6.41. The molecule has 0 aromatic carbocycles. The fourth-order valence-electron chi connectivity index (χ4n) is 2.64. The molecule has 6 nitrogen and oxygen atoms in total. The number of thioether (sulfide) groups is 1. The fourth-order valence-corrected chi connectivity index (χ4v) is 3.93. The lowest BCUT2D eigenvalue weighted by molar-refractivity contribution is -0.137. The maximum Gasteiger partial charge on any atom is 0.303 e. The zero-order valence-corrected chi connectivity index (χ0v) is 16.1. The molecule has 27 heavy (non-hydrogen) atoms. The average molecular weight is 402 g/mol. The lowest BCUT2D eigenvalue weighted by atomic mass is 10.2. The number of carbonyl (C=O) groups excluding carboxylic acids is 1. The van der Waals surface area contributed by atoms with E-state index in [4.69, 9.17) is 21.7 Å². The molecule has 0 saturated carbocycles. The molecule has 1 fully saturated rings. The van der Waals surface area contributed by atoms with Gasteiger partial charge in [0.05, 0.1) is 4.91 Å². The van der Waals surface area contributed by atoms with E-state index in [-0.39, 0.29) is 12.3 Å². The molecule has 0 bridgehead atoms. The minimum atomic E-state index is -0.798. The minimum Gasteiger partial charge on any atom is -0.481 e. The molecule has 140 valence electrons. The van der Waals surface area contributed by atoms with E-state index in [1.165, 1.54) is 11.8 Å². The van der Waals surface area contributed by atoms with Gasteiger partial charge in [-0.2, -0.15) is 0 Å². The number of aliphatic carboxylic acids is 1. The minimum absolute atomic E-state index is 0.137. The van der Waals surface area contributed by atoms with E-state index < -0.39 is 5.97 Å².